The van der Waals surface area contributed by atoms with Gasteiger partial charge in [-0.25, -0.2) is 9.97 Å². The second kappa shape index (κ2) is 4.58. The highest BCUT2D eigenvalue weighted by Crippen LogP contribution is 2.35. The zero-order valence-corrected chi connectivity index (χ0v) is 10.2. The molecule has 2 rings (SSSR count). The number of halogens is 2. The smallest absolute Gasteiger partial charge is 0.222 e. The van der Waals surface area contributed by atoms with Crippen molar-refractivity contribution >= 4 is 27.5 Å². The third-order valence-corrected chi connectivity index (χ3v) is 3.53. The van der Waals surface area contributed by atoms with Crippen molar-refractivity contribution in [3.05, 3.63) is 21.6 Å². The number of hydrogen-bond acceptors (Lipinski definition) is 2. The first-order chi connectivity index (χ1) is 6.77. The van der Waals surface area contributed by atoms with Gasteiger partial charge in [0.05, 0.1) is 10.2 Å². The van der Waals surface area contributed by atoms with E-state index in [0.29, 0.717) is 11.2 Å². The highest BCUT2D eigenvalue weighted by atomic mass is 79.9. The molecule has 0 aromatic carbocycles. The van der Waals surface area contributed by atoms with Crippen LogP contribution in [0.1, 0.15) is 43.7 Å². The van der Waals surface area contributed by atoms with Crippen LogP contribution in [0.4, 0.5) is 0 Å². The average molecular weight is 276 g/mol. The van der Waals surface area contributed by atoms with Crippen LogP contribution in [0.2, 0.25) is 5.28 Å². The van der Waals surface area contributed by atoms with Gasteiger partial charge in [-0.1, -0.05) is 19.3 Å². The lowest BCUT2D eigenvalue weighted by atomic mass is 9.87. The molecule has 76 valence electrons. The Morgan fingerprint density at radius 1 is 1.29 bits per heavy atom. The van der Waals surface area contributed by atoms with Crippen molar-refractivity contribution in [3.8, 4) is 0 Å². The van der Waals surface area contributed by atoms with Gasteiger partial charge in [-0.05, 0) is 40.4 Å². The highest BCUT2D eigenvalue weighted by Gasteiger charge is 2.19. The molecule has 1 aromatic rings. The molecule has 14 heavy (non-hydrogen) atoms. The van der Waals surface area contributed by atoms with E-state index in [0.717, 1.165) is 10.2 Å². The Kier molecular flexibility index (Phi) is 3.39. The lowest BCUT2D eigenvalue weighted by molar-refractivity contribution is 0.435. The zero-order valence-electron chi connectivity index (χ0n) is 7.84. The molecule has 1 saturated carbocycles. The Morgan fingerprint density at radius 2 is 2.00 bits per heavy atom. The molecule has 4 heteroatoms. The molecule has 1 aliphatic rings. The van der Waals surface area contributed by atoms with Crippen molar-refractivity contribution in [1.29, 1.82) is 0 Å². The van der Waals surface area contributed by atoms with Crippen LogP contribution in [0.3, 0.4) is 0 Å². The van der Waals surface area contributed by atoms with Gasteiger partial charge in [-0.2, -0.15) is 0 Å². The Balaban J connectivity index is 2.24. The molecule has 1 aromatic heterocycles. The van der Waals surface area contributed by atoms with Crippen LogP contribution in [0.5, 0.6) is 0 Å². The summed E-state index contributed by atoms with van der Waals surface area (Å²) in [5.41, 5.74) is 1.09. The monoisotopic (exact) mass is 274 g/mol. The fourth-order valence-electron chi connectivity index (χ4n) is 2.02. The molecule has 1 aliphatic carbocycles. The fourth-order valence-corrected chi connectivity index (χ4v) is 2.67. The summed E-state index contributed by atoms with van der Waals surface area (Å²) in [6, 6.07) is 0. The summed E-state index contributed by atoms with van der Waals surface area (Å²) in [5.74, 6) is 0.568. The second-order valence-electron chi connectivity index (χ2n) is 3.71. The molecule has 2 nitrogen and oxygen atoms in total. The molecule has 0 spiro atoms. The molecule has 0 bridgehead atoms. The molecule has 0 N–H and O–H groups in total. The quantitative estimate of drug-likeness (QED) is 0.726. The Bertz CT molecular complexity index is 324. The van der Waals surface area contributed by atoms with E-state index in [1.165, 1.54) is 32.1 Å². The lowest BCUT2D eigenvalue weighted by Gasteiger charge is -2.21. The summed E-state index contributed by atoms with van der Waals surface area (Å²) in [4.78, 5) is 8.25. The number of hydrogen-bond donors (Lipinski definition) is 0. The van der Waals surface area contributed by atoms with Crippen molar-refractivity contribution in [2.45, 2.75) is 38.0 Å². The maximum absolute atomic E-state index is 5.79. The number of nitrogens with zero attached hydrogens (tertiary/aromatic N) is 2. The van der Waals surface area contributed by atoms with Gasteiger partial charge in [0.25, 0.3) is 0 Å². The largest absolute Gasteiger partial charge is 0.225 e. The Morgan fingerprint density at radius 3 is 2.71 bits per heavy atom. The van der Waals surface area contributed by atoms with Gasteiger partial charge in [-0.15, -0.1) is 0 Å². The predicted molar refractivity (Wildman–Crippen MR) is 60.6 cm³/mol. The molecule has 0 atom stereocenters. The zero-order chi connectivity index (χ0) is 9.97. The summed E-state index contributed by atoms with van der Waals surface area (Å²) in [6.07, 6.45) is 8.17. The van der Waals surface area contributed by atoms with Gasteiger partial charge >= 0.3 is 0 Å². The first-order valence-electron chi connectivity index (χ1n) is 4.95. The van der Waals surface area contributed by atoms with Crippen molar-refractivity contribution in [1.82, 2.24) is 9.97 Å². The summed E-state index contributed by atoms with van der Waals surface area (Å²) >= 11 is 9.28. The summed E-state index contributed by atoms with van der Waals surface area (Å²) < 4.78 is 0.994. The predicted octanol–water partition coefficient (Wildman–Crippen LogP) is 3.94. The number of aromatic nitrogens is 2. The van der Waals surface area contributed by atoms with E-state index < -0.39 is 0 Å². The molecule has 1 heterocycles. The average Bonchev–Trinajstić information content (AvgIpc) is 2.23. The van der Waals surface area contributed by atoms with E-state index in [1.54, 1.807) is 6.20 Å². The SMILES string of the molecule is Clc1ncc(Br)c(C2CCCCC2)n1. The van der Waals surface area contributed by atoms with Crippen molar-refractivity contribution in [3.63, 3.8) is 0 Å². The molecule has 0 aliphatic heterocycles. The van der Waals surface area contributed by atoms with Crippen LogP contribution in [0.15, 0.2) is 10.7 Å². The van der Waals surface area contributed by atoms with Gasteiger partial charge in [0.1, 0.15) is 0 Å². The van der Waals surface area contributed by atoms with Gasteiger partial charge in [0.15, 0.2) is 0 Å². The minimum Gasteiger partial charge on any atom is -0.225 e. The third-order valence-electron chi connectivity index (χ3n) is 2.73. The molecule has 0 saturated heterocycles. The summed E-state index contributed by atoms with van der Waals surface area (Å²) in [6.45, 7) is 0. The third kappa shape index (κ3) is 2.26. The Labute approximate surface area is 97.2 Å². The lowest BCUT2D eigenvalue weighted by Crippen LogP contribution is -2.07. The molecular weight excluding hydrogens is 263 g/mol. The van der Waals surface area contributed by atoms with Crippen molar-refractivity contribution in [2.24, 2.45) is 0 Å². The topological polar surface area (TPSA) is 25.8 Å². The summed E-state index contributed by atoms with van der Waals surface area (Å²) in [7, 11) is 0. The number of rotatable bonds is 1. The van der Waals surface area contributed by atoms with Crippen LogP contribution >= 0.6 is 27.5 Å². The van der Waals surface area contributed by atoms with E-state index in [4.69, 9.17) is 11.6 Å². The van der Waals surface area contributed by atoms with E-state index >= 15 is 0 Å². The Hall–Kier alpha value is -0.150. The van der Waals surface area contributed by atoms with E-state index in [-0.39, 0.29) is 0 Å². The second-order valence-corrected chi connectivity index (χ2v) is 4.90. The van der Waals surface area contributed by atoms with Crippen molar-refractivity contribution in [2.75, 3.05) is 0 Å². The van der Waals surface area contributed by atoms with Gasteiger partial charge in [-0.3, -0.25) is 0 Å². The van der Waals surface area contributed by atoms with Crippen LogP contribution in [0.25, 0.3) is 0 Å². The van der Waals surface area contributed by atoms with Crippen LogP contribution < -0.4 is 0 Å². The highest BCUT2D eigenvalue weighted by molar-refractivity contribution is 9.10. The minimum atomic E-state index is 0.355. The normalized spacial score (nSPS) is 18.4. The molecule has 0 radical (unpaired) electrons. The fraction of sp³-hybridized carbons (Fsp3) is 0.600. The van der Waals surface area contributed by atoms with Crippen LogP contribution in [-0.2, 0) is 0 Å². The van der Waals surface area contributed by atoms with E-state index in [9.17, 15) is 0 Å². The first kappa shape index (κ1) is 10.4. The standard InChI is InChI=1S/C10H12BrClN2/c11-8-6-13-10(12)14-9(8)7-4-2-1-3-5-7/h6-7H,1-5H2. The van der Waals surface area contributed by atoms with Gasteiger partial charge in [0.2, 0.25) is 5.28 Å². The molecule has 0 unspecified atom stereocenters. The first-order valence-corrected chi connectivity index (χ1v) is 6.12. The maximum Gasteiger partial charge on any atom is 0.222 e. The van der Waals surface area contributed by atoms with E-state index in [2.05, 4.69) is 25.9 Å². The molecule has 1 fully saturated rings. The molecule has 0 amide bonds. The molecular formula is C10H12BrClN2. The van der Waals surface area contributed by atoms with Crippen LogP contribution in [0, 0.1) is 0 Å². The van der Waals surface area contributed by atoms with Gasteiger partial charge < -0.3 is 0 Å². The van der Waals surface area contributed by atoms with Crippen molar-refractivity contribution < 1.29 is 0 Å². The summed E-state index contributed by atoms with van der Waals surface area (Å²) in [5, 5.41) is 0.355. The maximum atomic E-state index is 5.79. The van der Waals surface area contributed by atoms with E-state index in [1.807, 2.05) is 0 Å². The van der Waals surface area contributed by atoms with Gasteiger partial charge in [0, 0.05) is 12.1 Å². The van der Waals surface area contributed by atoms with Crippen LogP contribution in [-0.4, -0.2) is 9.97 Å². The minimum absolute atomic E-state index is 0.355.